The van der Waals surface area contributed by atoms with Gasteiger partial charge in [0.2, 0.25) is 5.09 Å². The highest BCUT2D eigenvalue weighted by atomic mass is 32.2. The van der Waals surface area contributed by atoms with E-state index in [1.54, 1.807) is 6.07 Å². The van der Waals surface area contributed by atoms with Gasteiger partial charge in [-0.3, -0.25) is 5.41 Å². The quantitative estimate of drug-likeness (QED) is 0.645. The molecule has 2 aliphatic carbocycles. The van der Waals surface area contributed by atoms with Crippen molar-refractivity contribution in [1.82, 2.24) is 9.62 Å². The average molecular weight is 478 g/mol. The van der Waals surface area contributed by atoms with Crippen LogP contribution in [0.1, 0.15) is 55.6 Å². The SMILES string of the molecule is N=C1C[C@H]2c3cc(F)c(F)cc3CC[C@H]2N1CC1CCC(CNS(=O)(=O)c2ccco2)CC1. The number of nitrogens with one attached hydrogen (secondary N) is 2. The van der Waals surface area contributed by atoms with Gasteiger partial charge in [-0.05, 0) is 85.8 Å². The summed E-state index contributed by atoms with van der Waals surface area (Å²) in [5.41, 5.74) is 1.74. The lowest BCUT2D eigenvalue weighted by atomic mass is 9.78. The number of hydrogen-bond donors (Lipinski definition) is 2. The van der Waals surface area contributed by atoms with Gasteiger partial charge < -0.3 is 9.32 Å². The fourth-order valence-electron chi connectivity index (χ4n) is 5.88. The van der Waals surface area contributed by atoms with Crippen LogP contribution in [0.3, 0.4) is 0 Å². The van der Waals surface area contributed by atoms with Crippen molar-refractivity contribution in [3.05, 3.63) is 53.3 Å². The molecule has 0 spiro atoms. The third-order valence-corrected chi connectivity index (χ3v) is 8.97. The minimum Gasteiger partial charge on any atom is -0.452 e. The van der Waals surface area contributed by atoms with Crippen LogP contribution in [0.2, 0.25) is 0 Å². The normalized spacial score (nSPS) is 27.5. The first kappa shape index (κ1) is 22.5. The first-order valence-corrected chi connectivity index (χ1v) is 13.1. The Labute approximate surface area is 192 Å². The van der Waals surface area contributed by atoms with Crippen LogP contribution in [0, 0.1) is 28.9 Å². The van der Waals surface area contributed by atoms with Crippen LogP contribution < -0.4 is 4.72 Å². The summed E-state index contributed by atoms with van der Waals surface area (Å²) in [5.74, 6) is -0.204. The molecular weight excluding hydrogens is 448 g/mol. The number of halogens is 2. The molecule has 1 aromatic heterocycles. The fraction of sp³-hybridized carbons (Fsp3) is 0.542. The number of sulfonamides is 1. The Morgan fingerprint density at radius 1 is 1.09 bits per heavy atom. The van der Waals surface area contributed by atoms with Crippen molar-refractivity contribution in [1.29, 1.82) is 5.41 Å². The monoisotopic (exact) mass is 477 g/mol. The Bertz CT molecular complexity index is 1130. The van der Waals surface area contributed by atoms with Crippen molar-refractivity contribution in [2.75, 3.05) is 13.1 Å². The number of amidine groups is 1. The molecular formula is C24H29F2N3O3S. The van der Waals surface area contributed by atoms with Crippen molar-refractivity contribution in [3.63, 3.8) is 0 Å². The molecule has 0 amide bonds. The van der Waals surface area contributed by atoms with E-state index in [1.165, 1.54) is 24.5 Å². The highest BCUT2D eigenvalue weighted by molar-refractivity contribution is 7.89. The Morgan fingerprint density at radius 2 is 1.82 bits per heavy atom. The third kappa shape index (κ3) is 4.45. The Kier molecular flexibility index (Phi) is 6.03. The van der Waals surface area contributed by atoms with Crippen LogP contribution in [0.5, 0.6) is 0 Å². The Morgan fingerprint density at radius 3 is 2.55 bits per heavy atom. The number of furan rings is 1. The van der Waals surface area contributed by atoms with Gasteiger partial charge in [-0.15, -0.1) is 0 Å². The van der Waals surface area contributed by atoms with Gasteiger partial charge in [-0.25, -0.2) is 21.9 Å². The summed E-state index contributed by atoms with van der Waals surface area (Å²) >= 11 is 0. The van der Waals surface area contributed by atoms with Crippen molar-refractivity contribution >= 4 is 15.9 Å². The number of nitrogens with zero attached hydrogens (tertiary/aromatic N) is 1. The summed E-state index contributed by atoms with van der Waals surface area (Å²) in [6.07, 6.45) is 7.35. The minimum atomic E-state index is -3.60. The first-order chi connectivity index (χ1) is 15.8. The van der Waals surface area contributed by atoms with Crippen LogP contribution in [0.25, 0.3) is 0 Å². The average Bonchev–Trinajstić information content (AvgIpc) is 3.44. The predicted octanol–water partition coefficient (Wildman–Crippen LogP) is 4.42. The number of benzene rings is 1. The second-order valence-electron chi connectivity index (χ2n) is 9.65. The van der Waals surface area contributed by atoms with Crippen molar-refractivity contribution < 1.29 is 21.6 Å². The second-order valence-corrected chi connectivity index (χ2v) is 11.3. The molecule has 2 atom stereocenters. The van der Waals surface area contributed by atoms with E-state index in [1.807, 2.05) is 0 Å². The van der Waals surface area contributed by atoms with Gasteiger partial charge in [0.05, 0.1) is 12.1 Å². The number of hydrogen-bond acceptors (Lipinski definition) is 4. The topological polar surface area (TPSA) is 86.4 Å². The fourth-order valence-corrected chi connectivity index (χ4v) is 6.92. The van der Waals surface area contributed by atoms with Gasteiger partial charge in [0.15, 0.2) is 11.6 Å². The molecule has 0 radical (unpaired) electrons. The lowest BCUT2D eigenvalue weighted by molar-refractivity contribution is 0.197. The van der Waals surface area contributed by atoms with Gasteiger partial charge in [0.25, 0.3) is 10.0 Å². The second kappa shape index (κ2) is 8.83. The van der Waals surface area contributed by atoms with Crippen LogP contribution in [-0.2, 0) is 16.4 Å². The molecule has 3 aliphatic rings. The van der Waals surface area contributed by atoms with E-state index in [9.17, 15) is 17.2 Å². The van der Waals surface area contributed by atoms with E-state index in [0.717, 1.165) is 49.8 Å². The van der Waals surface area contributed by atoms with Gasteiger partial charge >= 0.3 is 0 Å². The van der Waals surface area contributed by atoms with Gasteiger partial charge in [-0.1, -0.05) is 0 Å². The molecule has 33 heavy (non-hydrogen) atoms. The molecule has 0 unspecified atom stereocenters. The first-order valence-electron chi connectivity index (χ1n) is 11.7. The van der Waals surface area contributed by atoms with E-state index < -0.39 is 21.7 Å². The Balaban J connectivity index is 1.16. The molecule has 1 aromatic carbocycles. The molecule has 1 saturated carbocycles. The van der Waals surface area contributed by atoms with Crippen molar-refractivity contribution in [2.45, 2.75) is 62.0 Å². The molecule has 6 nitrogen and oxygen atoms in total. The molecule has 178 valence electrons. The number of aryl methyl sites for hydroxylation is 1. The molecule has 0 bridgehead atoms. The lowest BCUT2D eigenvalue weighted by Gasteiger charge is -2.37. The number of rotatable bonds is 6. The smallest absolute Gasteiger partial charge is 0.273 e. The molecule has 9 heteroatoms. The van der Waals surface area contributed by atoms with Crippen LogP contribution in [0.15, 0.2) is 40.0 Å². The van der Waals surface area contributed by atoms with Gasteiger partial charge in [0.1, 0.15) is 0 Å². The molecule has 2 aromatic rings. The highest BCUT2D eigenvalue weighted by Crippen LogP contribution is 2.44. The van der Waals surface area contributed by atoms with Crippen LogP contribution in [-0.4, -0.2) is 38.3 Å². The van der Waals surface area contributed by atoms with Crippen LogP contribution >= 0.6 is 0 Å². The zero-order valence-electron chi connectivity index (χ0n) is 18.4. The largest absolute Gasteiger partial charge is 0.452 e. The summed E-state index contributed by atoms with van der Waals surface area (Å²) in [5, 5.41) is 8.51. The van der Waals surface area contributed by atoms with Crippen LogP contribution in [0.4, 0.5) is 8.78 Å². The molecule has 2 N–H and O–H groups in total. The summed E-state index contributed by atoms with van der Waals surface area (Å²) in [4.78, 5) is 2.19. The van der Waals surface area contributed by atoms with Crippen molar-refractivity contribution in [3.8, 4) is 0 Å². The van der Waals surface area contributed by atoms with E-state index in [2.05, 4.69) is 9.62 Å². The van der Waals surface area contributed by atoms with Gasteiger partial charge in [0, 0.05) is 31.5 Å². The van der Waals surface area contributed by atoms with E-state index >= 15 is 0 Å². The van der Waals surface area contributed by atoms with Crippen molar-refractivity contribution in [2.24, 2.45) is 11.8 Å². The lowest BCUT2D eigenvalue weighted by Crippen LogP contribution is -2.41. The molecule has 5 rings (SSSR count). The molecule has 1 saturated heterocycles. The Hall–Kier alpha value is -2.26. The molecule has 2 heterocycles. The van der Waals surface area contributed by atoms with Gasteiger partial charge in [-0.2, -0.15) is 0 Å². The molecule has 2 fully saturated rings. The summed E-state index contributed by atoms with van der Waals surface area (Å²) in [6, 6.07) is 5.83. The highest BCUT2D eigenvalue weighted by Gasteiger charge is 2.42. The maximum atomic E-state index is 13.9. The van der Waals surface area contributed by atoms with E-state index in [0.29, 0.717) is 31.1 Å². The zero-order chi connectivity index (χ0) is 23.2. The number of likely N-dealkylation sites (tertiary alicyclic amines) is 1. The molecule has 1 aliphatic heterocycles. The maximum absolute atomic E-state index is 13.9. The third-order valence-electron chi connectivity index (χ3n) is 7.66. The zero-order valence-corrected chi connectivity index (χ0v) is 19.2. The number of fused-ring (bicyclic) bond motifs is 3. The standard InChI is InChI=1S/C24H29F2N3O3S/c25-20-10-17-7-8-22-19(18(17)11-21(20)26)12-23(27)29(22)14-16-5-3-15(4-6-16)13-28-33(30,31)24-2-1-9-32-24/h1-2,9-11,15-16,19,22,27-28H,3-8,12-14H2/t15?,16?,19-,22+/m0/s1. The maximum Gasteiger partial charge on any atom is 0.273 e. The van der Waals surface area contributed by atoms with E-state index in [-0.39, 0.29) is 23.0 Å². The summed E-state index contributed by atoms with van der Waals surface area (Å²) in [7, 11) is -3.60. The summed E-state index contributed by atoms with van der Waals surface area (Å²) in [6.45, 7) is 1.21. The minimum absolute atomic E-state index is 0.0590. The summed E-state index contributed by atoms with van der Waals surface area (Å²) < 4.78 is 59.7. The van der Waals surface area contributed by atoms with E-state index in [4.69, 9.17) is 9.83 Å². The predicted molar refractivity (Wildman–Crippen MR) is 120 cm³/mol.